The zero-order chi connectivity index (χ0) is 24.5. The molecule has 1 aliphatic carbocycles. The molecule has 0 aromatic rings. The van der Waals surface area contributed by atoms with Gasteiger partial charge < -0.3 is 19.1 Å². The van der Waals surface area contributed by atoms with Crippen LogP contribution in [0.25, 0.3) is 0 Å². The van der Waals surface area contributed by atoms with Gasteiger partial charge in [0.15, 0.2) is 5.78 Å². The van der Waals surface area contributed by atoms with Crippen LogP contribution in [0.4, 0.5) is 0 Å². The van der Waals surface area contributed by atoms with E-state index in [-0.39, 0.29) is 12.2 Å². The molecule has 0 spiro atoms. The van der Waals surface area contributed by atoms with E-state index in [1.807, 2.05) is 0 Å². The number of rotatable bonds is 10. The monoisotopic (exact) mass is 474 g/mol. The molecule has 0 unspecified atom stereocenters. The molecule has 0 amide bonds. The molecule has 1 fully saturated rings. The molecule has 1 saturated carbocycles. The summed E-state index contributed by atoms with van der Waals surface area (Å²) in [6.45, 7) is 26.1. The molecule has 0 aromatic carbocycles. The second-order valence-corrected chi connectivity index (χ2v) is 22.3. The van der Waals surface area contributed by atoms with E-state index in [1.54, 1.807) is 0 Å². The fourth-order valence-electron chi connectivity index (χ4n) is 6.58. The fourth-order valence-corrected chi connectivity index (χ4v) is 17.7. The molecular weight excluding hydrogens is 424 g/mol. The van der Waals surface area contributed by atoms with Crippen molar-refractivity contribution >= 4 is 22.4 Å². The number of hydrogen-bond donors (Lipinski definition) is 2. The molecule has 31 heavy (non-hydrogen) atoms. The van der Waals surface area contributed by atoms with Gasteiger partial charge in [-0.05, 0) is 33.2 Å². The van der Waals surface area contributed by atoms with Crippen molar-refractivity contribution in [2.24, 2.45) is 0 Å². The summed E-state index contributed by atoms with van der Waals surface area (Å²) in [7, 11) is -4.73. The van der Waals surface area contributed by atoms with Gasteiger partial charge in [0, 0.05) is 6.42 Å². The summed E-state index contributed by atoms with van der Waals surface area (Å²) in [6.07, 6.45) is -3.89. The first-order chi connectivity index (χ1) is 14.1. The van der Waals surface area contributed by atoms with Crippen LogP contribution in [0.5, 0.6) is 0 Å². The number of carbonyl (C=O) groups excluding carboxylic acids is 1. The highest BCUT2D eigenvalue weighted by Crippen LogP contribution is 2.47. The van der Waals surface area contributed by atoms with Gasteiger partial charge in [-0.15, -0.1) is 0 Å². The molecule has 1 aliphatic rings. The van der Waals surface area contributed by atoms with Gasteiger partial charge in [-0.25, -0.2) is 0 Å². The molecule has 1 rings (SSSR count). The molecule has 2 N–H and O–H groups in total. The van der Waals surface area contributed by atoms with Gasteiger partial charge >= 0.3 is 0 Å². The predicted octanol–water partition coefficient (Wildman–Crippen LogP) is 5.80. The topological polar surface area (TPSA) is 76.0 Å². The minimum atomic E-state index is -2.38. The van der Waals surface area contributed by atoms with Crippen molar-refractivity contribution in [1.82, 2.24) is 0 Å². The van der Waals surface area contributed by atoms with Gasteiger partial charge in [-0.2, -0.15) is 0 Å². The van der Waals surface area contributed by atoms with Crippen LogP contribution < -0.4 is 0 Å². The molecular formula is C24H50O5Si2. The van der Waals surface area contributed by atoms with Crippen LogP contribution in [0.2, 0.25) is 33.2 Å². The Bertz CT molecular complexity index is 545. The van der Waals surface area contributed by atoms with E-state index in [2.05, 4.69) is 83.1 Å². The molecule has 7 heteroatoms. The van der Waals surface area contributed by atoms with Gasteiger partial charge in [0.2, 0.25) is 16.6 Å². The van der Waals surface area contributed by atoms with Crippen LogP contribution >= 0.6 is 0 Å². The lowest BCUT2D eigenvalue weighted by molar-refractivity contribution is -0.158. The van der Waals surface area contributed by atoms with Crippen molar-refractivity contribution < 1.29 is 23.9 Å². The third-order valence-electron chi connectivity index (χ3n) is 7.84. The number of carbonyl (C=O) groups is 1. The van der Waals surface area contributed by atoms with E-state index in [1.165, 1.54) is 0 Å². The van der Waals surface area contributed by atoms with E-state index in [0.29, 0.717) is 33.2 Å². The summed E-state index contributed by atoms with van der Waals surface area (Å²) in [5.74, 6) is -0.204. The smallest absolute Gasteiger partial charge is 0.201 e. The quantitative estimate of drug-likeness (QED) is 0.391. The molecule has 0 aromatic heterocycles. The van der Waals surface area contributed by atoms with Crippen molar-refractivity contribution in [1.29, 1.82) is 0 Å². The minimum absolute atomic E-state index is 0.0239. The number of aliphatic hydroxyl groups excluding tert-OH is 2. The third kappa shape index (κ3) is 5.38. The fraction of sp³-hybridized carbons (Fsp3) is 0.958. The third-order valence-corrected chi connectivity index (χ3v) is 20.0. The number of hydrogen-bond acceptors (Lipinski definition) is 5. The first-order valence-electron chi connectivity index (χ1n) is 12.3. The number of Topliss-reactive ketones (excluding diaryl/α,β-unsaturated/α-hetero) is 1. The Labute approximate surface area is 193 Å². The van der Waals surface area contributed by atoms with Crippen molar-refractivity contribution in [2.45, 2.75) is 147 Å². The predicted molar refractivity (Wildman–Crippen MR) is 133 cm³/mol. The maximum absolute atomic E-state index is 13.0. The maximum atomic E-state index is 13.0. The minimum Gasteiger partial charge on any atom is -0.408 e. The van der Waals surface area contributed by atoms with E-state index in [4.69, 9.17) is 8.85 Å². The summed E-state index contributed by atoms with van der Waals surface area (Å²) in [4.78, 5) is 13.0. The highest BCUT2D eigenvalue weighted by Gasteiger charge is 2.55. The van der Waals surface area contributed by atoms with E-state index in [0.717, 1.165) is 0 Å². The van der Waals surface area contributed by atoms with Gasteiger partial charge in [0.25, 0.3) is 0 Å². The van der Waals surface area contributed by atoms with Gasteiger partial charge in [-0.3, -0.25) is 4.79 Å². The normalized spacial score (nSPS) is 26.4. The molecule has 0 bridgehead atoms. The average Bonchev–Trinajstić information content (AvgIpc) is 2.59. The first-order valence-corrected chi connectivity index (χ1v) is 16.6. The lowest BCUT2D eigenvalue weighted by Gasteiger charge is -2.50. The molecule has 0 heterocycles. The Morgan fingerprint density at radius 1 is 0.677 bits per heavy atom. The Hall–Kier alpha value is -0.0562. The Balaban J connectivity index is 3.39. The SMILES string of the molecule is CC(C)[Si](O[C@@H]1[C@@H](O)[C@H](O[Si](C(C)C)(C(C)C)C(C)C)C(=O)C[C@H]1O)(C(C)C)C(C)C. The van der Waals surface area contributed by atoms with Crippen molar-refractivity contribution in [3.05, 3.63) is 0 Å². The van der Waals surface area contributed by atoms with Crippen molar-refractivity contribution in [3.8, 4) is 0 Å². The van der Waals surface area contributed by atoms with Crippen LogP contribution in [0, 0.1) is 0 Å². The van der Waals surface area contributed by atoms with Crippen LogP contribution in [-0.4, -0.2) is 57.0 Å². The Morgan fingerprint density at radius 3 is 1.32 bits per heavy atom. The summed E-state index contributed by atoms with van der Waals surface area (Å²) in [6, 6.07) is 0. The van der Waals surface area contributed by atoms with Crippen LogP contribution in [0.1, 0.15) is 89.5 Å². The summed E-state index contributed by atoms with van der Waals surface area (Å²) in [5, 5.41) is 22.2. The van der Waals surface area contributed by atoms with Crippen LogP contribution in [0.15, 0.2) is 0 Å². The largest absolute Gasteiger partial charge is 0.408 e. The lowest BCUT2D eigenvalue weighted by Crippen LogP contribution is -2.64. The Kier molecular flexibility index (Phi) is 10.2. The molecule has 0 radical (unpaired) electrons. The van der Waals surface area contributed by atoms with Gasteiger partial charge in [0.1, 0.15) is 18.3 Å². The number of aliphatic hydroxyl groups is 2. The molecule has 5 nitrogen and oxygen atoms in total. The summed E-state index contributed by atoms with van der Waals surface area (Å²) < 4.78 is 13.5. The summed E-state index contributed by atoms with van der Waals surface area (Å²) >= 11 is 0. The van der Waals surface area contributed by atoms with Crippen molar-refractivity contribution in [3.63, 3.8) is 0 Å². The van der Waals surface area contributed by atoms with E-state index >= 15 is 0 Å². The van der Waals surface area contributed by atoms with Crippen LogP contribution in [0.3, 0.4) is 0 Å². The highest BCUT2D eigenvalue weighted by molar-refractivity contribution is 6.78. The second-order valence-electron chi connectivity index (χ2n) is 11.5. The summed E-state index contributed by atoms with van der Waals surface area (Å²) in [5.41, 5.74) is 1.86. The van der Waals surface area contributed by atoms with Gasteiger partial charge in [0.05, 0.1) is 6.10 Å². The number of ketones is 1. The zero-order valence-electron chi connectivity index (χ0n) is 22.1. The lowest BCUT2D eigenvalue weighted by atomic mass is 9.89. The molecule has 0 saturated heterocycles. The van der Waals surface area contributed by atoms with Gasteiger partial charge in [-0.1, -0.05) is 83.1 Å². The average molecular weight is 475 g/mol. The first kappa shape index (κ1) is 29.0. The molecule has 184 valence electrons. The van der Waals surface area contributed by atoms with Crippen LogP contribution in [-0.2, 0) is 13.6 Å². The standard InChI is InChI=1S/C24H50O5Si2/c1-14(2)30(15(3)4,16(5)6)28-23-20(25)13-21(26)24(22(23)27)29-31(17(7)8,18(9)10)19(11)12/h14-20,22-25,27H,13H2,1-12H3/t20-,22-,23+,24-/m1/s1. The second kappa shape index (κ2) is 10.9. The molecule has 4 atom stereocenters. The molecule has 0 aliphatic heterocycles. The van der Waals surface area contributed by atoms with E-state index < -0.39 is 41.1 Å². The maximum Gasteiger partial charge on any atom is 0.201 e. The van der Waals surface area contributed by atoms with Crippen molar-refractivity contribution in [2.75, 3.05) is 0 Å². The van der Waals surface area contributed by atoms with E-state index in [9.17, 15) is 15.0 Å². The Morgan fingerprint density at radius 2 is 1.00 bits per heavy atom. The highest BCUT2D eigenvalue weighted by atomic mass is 28.4. The zero-order valence-corrected chi connectivity index (χ0v) is 24.1.